The fraction of sp³-hybridized carbons (Fsp3) is 0.250. The Bertz CT molecular complexity index is 1130. The van der Waals surface area contributed by atoms with E-state index in [-0.39, 0.29) is 22.8 Å². The molecule has 0 aliphatic carbocycles. The zero-order valence-electron chi connectivity index (χ0n) is 15.5. The monoisotopic (exact) mass is 402 g/mol. The van der Waals surface area contributed by atoms with Crippen molar-refractivity contribution >= 4 is 11.0 Å². The molecule has 2 aromatic carbocycles. The van der Waals surface area contributed by atoms with Gasteiger partial charge in [0.2, 0.25) is 17.2 Å². The molecule has 0 saturated heterocycles. The highest BCUT2D eigenvalue weighted by Crippen LogP contribution is 2.50. The summed E-state index contributed by atoms with van der Waals surface area (Å²) in [6, 6.07) is 7.20. The van der Waals surface area contributed by atoms with Gasteiger partial charge in [0.05, 0.1) is 20.8 Å². The number of methoxy groups -OCH3 is 2. The van der Waals surface area contributed by atoms with E-state index < -0.39 is 35.9 Å². The van der Waals surface area contributed by atoms with Crippen molar-refractivity contribution in [3.8, 4) is 34.5 Å². The van der Waals surface area contributed by atoms with Crippen LogP contribution in [-0.2, 0) is 0 Å². The maximum Gasteiger partial charge on any atom is 0.336 e. The summed E-state index contributed by atoms with van der Waals surface area (Å²) in [4.78, 5) is 11.7. The Morgan fingerprint density at radius 2 is 1.76 bits per heavy atom. The Labute approximate surface area is 164 Å². The van der Waals surface area contributed by atoms with Gasteiger partial charge in [-0.05, 0) is 24.3 Å². The zero-order chi connectivity index (χ0) is 20.7. The van der Waals surface area contributed by atoms with E-state index in [1.54, 1.807) is 12.1 Å². The first-order valence-electron chi connectivity index (χ1n) is 8.65. The zero-order valence-corrected chi connectivity index (χ0v) is 15.5. The second-order valence-corrected chi connectivity index (χ2v) is 6.38. The molecule has 0 amide bonds. The Balaban J connectivity index is 1.91. The minimum Gasteiger partial charge on any atom is -0.504 e. The lowest BCUT2D eigenvalue weighted by Crippen LogP contribution is -2.36. The van der Waals surface area contributed by atoms with Crippen LogP contribution in [0.3, 0.4) is 0 Å². The van der Waals surface area contributed by atoms with Gasteiger partial charge in [-0.2, -0.15) is 0 Å². The minimum absolute atomic E-state index is 0.0214. The van der Waals surface area contributed by atoms with Crippen LogP contribution in [0.15, 0.2) is 39.5 Å². The average molecular weight is 402 g/mol. The predicted octanol–water partition coefficient (Wildman–Crippen LogP) is 2.09. The summed E-state index contributed by atoms with van der Waals surface area (Å²) in [5, 5.41) is 30.3. The number of benzene rings is 2. The highest BCUT2D eigenvalue weighted by molar-refractivity contribution is 5.88. The van der Waals surface area contributed by atoms with Gasteiger partial charge in [-0.3, -0.25) is 0 Å². The number of hydrogen-bond acceptors (Lipinski definition) is 9. The lowest BCUT2D eigenvalue weighted by atomic mass is 10.0. The molecule has 152 valence electrons. The van der Waals surface area contributed by atoms with Crippen molar-refractivity contribution in [1.29, 1.82) is 0 Å². The number of aliphatic hydroxyl groups is 1. The molecule has 1 aliphatic rings. The molecule has 4 rings (SSSR count). The molecule has 0 bridgehead atoms. The van der Waals surface area contributed by atoms with Crippen LogP contribution in [0.4, 0.5) is 0 Å². The van der Waals surface area contributed by atoms with E-state index >= 15 is 0 Å². The Morgan fingerprint density at radius 1 is 1.00 bits per heavy atom. The topological polar surface area (TPSA) is 128 Å². The third-order valence-corrected chi connectivity index (χ3v) is 4.66. The molecule has 0 unspecified atom stereocenters. The van der Waals surface area contributed by atoms with Gasteiger partial charge in [0.1, 0.15) is 0 Å². The highest BCUT2D eigenvalue weighted by Gasteiger charge is 2.37. The molecular weight excluding hydrogens is 384 g/mol. The van der Waals surface area contributed by atoms with Crippen LogP contribution in [0.1, 0.15) is 11.7 Å². The fourth-order valence-corrected chi connectivity index (χ4v) is 3.28. The standard InChI is InChI=1S/C20H18O9/c1-25-12-7-10(5-11(22)16(12)24)17-14(8-21)27-19-13(26-2)6-9-3-4-15(23)28-18(9)20(19)29-17/h3-7,14,17,21-22,24H,8H2,1-2H3/t14-,17-/m0/s1. The third-order valence-electron chi connectivity index (χ3n) is 4.66. The van der Waals surface area contributed by atoms with Gasteiger partial charge < -0.3 is 38.7 Å². The summed E-state index contributed by atoms with van der Waals surface area (Å²) in [6.45, 7) is -0.423. The second-order valence-electron chi connectivity index (χ2n) is 6.38. The van der Waals surface area contributed by atoms with Crippen LogP contribution in [0, 0.1) is 0 Å². The quantitative estimate of drug-likeness (QED) is 0.444. The van der Waals surface area contributed by atoms with Crippen LogP contribution >= 0.6 is 0 Å². The number of rotatable bonds is 4. The van der Waals surface area contributed by atoms with Gasteiger partial charge in [-0.1, -0.05) is 0 Å². The van der Waals surface area contributed by atoms with E-state index in [1.165, 1.54) is 32.4 Å². The van der Waals surface area contributed by atoms with Gasteiger partial charge in [0.15, 0.2) is 35.0 Å². The molecule has 1 aliphatic heterocycles. The van der Waals surface area contributed by atoms with Crippen molar-refractivity contribution in [1.82, 2.24) is 0 Å². The van der Waals surface area contributed by atoms with E-state index in [4.69, 9.17) is 23.4 Å². The smallest absolute Gasteiger partial charge is 0.336 e. The van der Waals surface area contributed by atoms with E-state index in [9.17, 15) is 20.1 Å². The van der Waals surface area contributed by atoms with Gasteiger partial charge >= 0.3 is 5.63 Å². The van der Waals surface area contributed by atoms with Gasteiger partial charge in [0.25, 0.3) is 0 Å². The van der Waals surface area contributed by atoms with Crippen LogP contribution < -0.4 is 24.6 Å². The van der Waals surface area contributed by atoms with Gasteiger partial charge in [-0.15, -0.1) is 0 Å². The molecule has 2 atom stereocenters. The first-order chi connectivity index (χ1) is 14.0. The number of ether oxygens (including phenoxy) is 4. The van der Waals surface area contributed by atoms with Crippen LogP contribution in [0.2, 0.25) is 0 Å². The predicted molar refractivity (Wildman–Crippen MR) is 100 cm³/mol. The number of hydrogen-bond donors (Lipinski definition) is 3. The Morgan fingerprint density at radius 3 is 2.45 bits per heavy atom. The van der Waals surface area contributed by atoms with Crippen LogP contribution in [0.25, 0.3) is 11.0 Å². The fourth-order valence-electron chi connectivity index (χ4n) is 3.28. The van der Waals surface area contributed by atoms with E-state index in [0.717, 1.165) is 0 Å². The van der Waals surface area contributed by atoms with Gasteiger partial charge in [0, 0.05) is 17.0 Å². The minimum atomic E-state index is -0.909. The highest BCUT2D eigenvalue weighted by atomic mass is 16.6. The number of fused-ring (bicyclic) bond motifs is 3. The Hall–Kier alpha value is -3.59. The molecule has 0 fully saturated rings. The lowest BCUT2D eigenvalue weighted by Gasteiger charge is -2.34. The molecule has 0 saturated carbocycles. The molecule has 29 heavy (non-hydrogen) atoms. The van der Waals surface area contributed by atoms with Crippen molar-refractivity contribution in [3.05, 3.63) is 46.3 Å². The summed E-state index contributed by atoms with van der Waals surface area (Å²) in [5.41, 5.74) is -0.0426. The van der Waals surface area contributed by atoms with Crippen molar-refractivity contribution < 1.29 is 38.7 Å². The molecule has 1 aromatic heterocycles. The van der Waals surface area contributed by atoms with Crippen molar-refractivity contribution in [3.63, 3.8) is 0 Å². The van der Waals surface area contributed by atoms with E-state index in [1.807, 2.05) is 0 Å². The number of phenols is 2. The third kappa shape index (κ3) is 3.05. The Kier molecular flexibility index (Phi) is 4.59. The maximum atomic E-state index is 11.7. The van der Waals surface area contributed by atoms with Crippen LogP contribution in [-0.4, -0.2) is 42.3 Å². The largest absolute Gasteiger partial charge is 0.504 e. The first kappa shape index (κ1) is 18.8. The second kappa shape index (κ2) is 7.10. The van der Waals surface area contributed by atoms with Gasteiger partial charge in [-0.25, -0.2) is 4.79 Å². The molecule has 2 heterocycles. The lowest BCUT2D eigenvalue weighted by molar-refractivity contribution is -0.0137. The number of aromatic hydroxyl groups is 2. The molecule has 0 spiro atoms. The van der Waals surface area contributed by atoms with E-state index in [0.29, 0.717) is 16.7 Å². The summed E-state index contributed by atoms with van der Waals surface area (Å²) >= 11 is 0. The van der Waals surface area contributed by atoms with Crippen LogP contribution in [0.5, 0.6) is 34.5 Å². The SMILES string of the molecule is COc1cc([C@@H]2Oc3c(c(OC)cc4ccc(=O)oc34)O[C@H]2CO)cc(O)c1O. The molecule has 9 heteroatoms. The normalized spacial score (nSPS) is 17.9. The molecule has 0 radical (unpaired) electrons. The molecule has 9 nitrogen and oxygen atoms in total. The molecule has 3 N–H and O–H groups in total. The number of phenolic OH excluding ortho intramolecular Hbond substituents is 2. The summed E-state index contributed by atoms with van der Waals surface area (Å²) in [5.74, 6) is -0.185. The van der Waals surface area contributed by atoms with Crippen molar-refractivity contribution in [2.24, 2.45) is 0 Å². The number of aliphatic hydroxyl groups excluding tert-OH is 1. The summed E-state index contributed by atoms with van der Waals surface area (Å²) in [6.07, 6.45) is -1.79. The molecule has 3 aromatic rings. The van der Waals surface area contributed by atoms with Crippen molar-refractivity contribution in [2.45, 2.75) is 12.2 Å². The maximum absolute atomic E-state index is 11.7. The summed E-state index contributed by atoms with van der Waals surface area (Å²) < 4.78 is 27.7. The van der Waals surface area contributed by atoms with Crippen molar-refractivity contribution in [2.75, 3.05) is 20.8 Å². The first-order valence-corrected chi connectivity index (χ1v) is 8.65. The average Bonchev–Trinajstić information content (AvgIpc) is 2.74. The molecular formula is C20H18O9. The van der Waals surface area contributed by atoms with E-state index in [2.05, 4.69) is 0 Å². The summed E-state index contributed by atoms with van der Waals surface area (Å²) in [7, 11) is 2.79.